The van der Waals surface area contributed by atoms with Crippen molar-refractivity contribution in [3.05, 3.63) is 69.9 Å². The number of aryl methyl sites for hydroxylation is 1. The zero-order valence-electron chi connectivity index (χ0n) is 16.3. The molecule has 31 heavy (non-hydrogen) atoms. The third-order valence-electron chi connectivity index (χ3n) is 4.82. The van der Waals surface area contributed by atoms with Crippen molar-refractivity contribution in [3.8, 4) is 11.8 Å². The summed E-state index contributed by atoms with van der Waals surface area (Å²) >= 11 is 5.02. The molecule has 2 aromatic carbocycles. The molecule has 0 aliphatic heterocycles. The Bertz CT molecular complexity index is 1360. The number of hydrogen-bond acceptors (Lipinski definition) is 5. The van der Waals surface area contributed by atoms with E-state index in [0.29, 0.717) is 46.4 Å². The van der Waals surface area contributed by atoms with Gasteiger partial charge in [-0.25, -0.2) is 9.07 Å². The number of benzene rings is 2. The fourth-order valence-electron chi connectivity index (χ4n) is 3.38. The van der Waals surface area contributed by atoms with Crippen molar-refractivity contribution in [2.75, 3.05) is 12.3 Å². The molecule has 0 saturated heterocycles. The highest BCUT2D eigenvalue weighted by atomic mass is 32.1. The minimum atomic E-state index is -0.538. The number of aromatic amines is 2. The van der Waals surface area contributed by atoms with Gasteiger partial charge in [0.15, 0.2) is 4.77 Å². The van der Waals surface area contributed by atoms with Gasteiger partial charge in [0, 0.05) is 6.54 Å². The van der Waals surface area contributed by atoms with Gasteiger partial charge in [0.1, 0.15) is 23.3 Å². The summed E-state index contributed by atoms with van der Waals surface area (Å²) in [5.74, 6) is -0.689. The Balaban J connectivity index is 1.44. The van der Waals surface area contributed by atoms with Crippen molar-refractivity contribution in [2.24, 2.45) is 0 Å². The van der Waals surface area contributed by atoms with Crippen molar-refractivity contribution >= 4 is 35.0 Å². The molecule has 0 aliphatic carbocycles. The minimum absolute atomic E-state index is 0.165. The molecule has 4 aromatic rings. The van der Waals surface area contributed by atoms with Crippen LogP contribution in [0.1, 0.15) is 28.0 Å². The lowest BCUT2D eigenvalue weighted by atomic mass is 10.1. The Morgan fingerprint density at radius 2 is 2.06 bits per heavy atom. The van der Waals surface area contributed by atoms with E-state index in [1.807, 2.05) is 30.3 Å². The molecular weight excluding hydrogens is 417 g/mol. The molecule has 4 rings (SSSR count). The molecule has 2 aromatic heterocycles. The Kier molecular flexibility index (Phi) is 5.51. The van der Waals surface area contributed by atoms with Crippen LogP contribution in [0.5, 0.6) is 0 Å². The molecule has 8 nitrogen and oxygen atoms in total. The van der Waals surface area contributed by atoms with E-state index in [9.17, 15) is 14.4 Å². The maximum Gasteiger partial charge on any atom is 0.253 e. The molecule has 0 radical (unpaired) electrons. The lowest BCUT2D eigenvalue weighted by molar-refractivity contribution is 0.0954. The number of hydrogen-bond donors (Lipinski definition) is 4. The number of carbonyl (C=O) groups excluding carboxylic acids is 1. The summed E-state index contributed by atoms with van der Waals surface area (Å²) in [5, 5.41) is 16.7. The molecule has 0 fully saturated rings. The number of aromatic nitrogens is 4. The smallest absolute Gasteiger partial charge is 0.253 e. The maximum atomic E-state index is 13.8. The van der Waals surface area contributed by atoms with Crippen LogP contribution >= 0.6 is 12.2 Å². The van der Waals surface area contributed by atoms with Gasteiger partial charge in [-0.2, -0.15) is 10.4 Å². The number of nitrogens with two attached hydrogens (primary N) is 1. The summed E-state index contributed by atoms with van der Waals surface area (Å²) in [6, 6.07) is 13.8. The number of para-hydroxylation sites is 1. The zero-order chi connectivity index (χ0) is 22.0. The summed E-state index contributed by atoms with van der Waals surface area (Å²) in [7, 11) is 0. The third kappa shape index (κ3) is 4.04. The molecule has 2 heterocycles. The Morgan fingerprint density at radius 3 is 2.81 bits per heavy atom. The first-order chi connectivity index (χ1) is 15.0. The molecule has 0 spiro atoms. The van der Waals surface area contributed by atoms with E-state index in [-0.39, 0.29) is 11.4 Å². The van der Waals surface area contributed by atoms with Crippen molar-refractivity contribution < 1.29 is 9.18 Å². The molecule has 0 atom stereocenters. The third-order valence-corrected chi connectivity index (χ3v) is 5.02. The zero-order valence-corrected chi connectivity index (χ0v) is 17.1. The Labute approximate surface area is 181 Å². The van der Waals surface area contributed by atoms with E-state index in [2.05, 4.69) is 26.5 Å². The number of halogens is 1. The van der Waals surface area contributed by atoms with Crippen LogP contribution in [-0.2, 0) is 6.42 Å². The number of nitriles is 1. The van der Waals surface area contributed by atoms with Gasteiger partial charge in [-0.1, -0.05) is 18.2 Å². The number of carbonyl (C=O) groups is 1. The average Bonchev–Trinajstić information content (AvgIpc) is 3.29. The number of anilines is 1. The van der Waals surface area contributed by atoms with E-state index in [1.165, 1.54) is 10.7 Å². The minimum Gasteiger partial charge on any atom is -0.382 e. The summed E-state index contributed by atoms with van der Waals surface area (Å²) < 4.78 is 15.7. The average molecular weight is 435 g/mol. The number of fused-ring (bicyclic) bond motifs is 1. The second kappa shape index (κ2) is 8.41. The Hall–Kier alpha value is -3.97. The van der Waals surface area contributed by atoms with Gasteiger partial charge in [0.25, 0.3) is 5.91 Å². The first-order valence-corrected chi connectivity index (χ1v) is 9.91. The number of H-pyrrole nitrogens is 2. The largest absolute Gasteiger partial charge is 0.382 e. The van der Waals surface area contributed by atoms with Crippen LogP contribution in [-0.4, -0.2) is 32.2 Å². The van der Waals surface area contributed by atoms with E-state index in [4.69, 9.17) is 18.0 Å². The number of nitrogens with one attached hydrogen (secondary N) is 3. The predicted molar refractivity (Wildman–Crippen MR) is 117 cm³/mol. The molecule has 0 saturated carbocycles. The first-order valence-electron chi connectivity index (χ1n) is 9.50. The fraction of sp³-hybridized carbons (Fsp3) is 0.143. The van der Waals surface area contributed by atoms with Crippen LogP contribution in [0.15, 0.2) is 42.5 Å². The number of nitrogen functional groups attached to an aromatic ring is 1. The highest BCUT2D eigenvalue weighted by molar-refractivity contribution is 7.71. The topological polar surface area (TPSA) is 128 Å². The Morgan fingerprint density at radius 1 is 1.29 bits per heavy atom. The van der Waals surface area contributed by atoms with E-state index in [1.54, 1.807) is 0 Å². The van der Waals surface area contributed by atoms with Crippen LogP contribution in [0.25, 0.3) is 16.7 Å². The van der Waals surface area contributed by atoms with E-state index in [0.717, 1.165) is 11.8 Å². The predicted octanol–water partition coefficient (Wildman–Crippen LogP) is 3.37. The molecule has 5 N–H and O–H groups in total. The first kappa shape index (κ1) is 20.3. The van der Waals surface area contributed by atoms with Crippen LogP contribution in [0.2, 0.25) is 0 Å². The number of nitrogens with zero attached hydrogens (tertiary/aromatic N) is 3. The molecule has 156 valence electrons. The summed E-state index contributed by atoms with van der Waals surface area (Å²) in [6.45, 7) is 0.310. The molecular formula is C21H18FN7OS. The van der Waals surface area contributed by atoms with Crippen LogP contribution in [0.3, 0.4) is 0 Å². The van der Waals surface area contributed by atoms with Crippen LogP contribution < -0.4 is 11.1 Å². The van der Waals surface area contributed by atoms with E-state index >= 15 is 0 Å². The summed E-state index contributed by atoms with van der Waals surface area (Å²) in [4.78, 5) is 18.2. The van der Waals surface area contributed by atoms with Gasteiger partial charge < -0.3 is 21.0 Å². The number of amides is 1. The number of rotatable bonds is 6. The van der Waals surface area contributed by atoms with Gasteiger partial charge in [0.2, 0.25) is 0 Å². The van der Waals surface area contributed by atoms with Gasteiger partial charge >= 0.3 is 0 Å². The molecule has 0 bridgehead atoms. The van der Waals surface area contributed by atoms with Crippen molar-refractivity contribution in [2.45, 2.75) is 12.8 Å². The second-order valence-electron chi connectivity index (χ2n) is 6.88. The standard InChI is InChI=1S/C21H18FN7OS/c22-12-9-14(18-17(10-12)26-21(31)27-18)20(30)25-8-4-7-16-15(11-23)19(24)29(28-16)13-5-2-1-3-6-13/h1-3,5-6,9-10H,4,7-8,24H2,(H,25,30)(H2,26,27,31). The van der Waals surface area contributed by atoms with Crippen molar-refractivity contribution in [3.63, 3.8) is 0 Å². The lowest BCUT2D eigenvalue weighted by Gasteiger charge is -2.06. The molecule has 0 aliphatic rings. The quantitative estimate of drug-likeness (QED) is 0.273. The van der Waals surface area contributed by atoms with Crippen molar-refractivity contribution in [1.82, 2.24) is 25.1 Å². The molecule has 1 amide bonds. The molecule has 0 unspecified atom stereocenters. The number of imidazole rings is 1. The van der Waals surface area contributed by atoms with Crippen molar-refractivity contribution in [1.29, 1.82) is 5.26 Å². The van der Waals surface area contributed by atoms with E-state index < -0.39 is 11.7 Å². The summed E-state index contributed by atoms with van der Waals surface area (Å²) in [6.07, 6.45) is 0.964. The highest BCUT2D eigenvalue weighted by Crippen LogP contribution is 2.21. The van der Waals surface area contributed by atoms with Gasteiger partial charge in [-0.3, -0.25) is 4.79 Å². The monoisotopic (exact) mass is 435 g/mol. The maximum absolute atomic E-state index is 13.8. The van der Waals surface area contributed by atoms with Gasteiger partial charge in [-0.15, -0.1) is 0 Å². The van der Waals surface area contributed by atoms with Crippen LogP contribution in [0, 0.1) is 21.9 Å². The lowest BCUT2D eigenvalue weighted by Crippen LogP contribution is -2.25. The highest BCUT2D eigenvalue weighted by Gasteiger charge is 2.17. The second-order valence-corrected chi connectivity index (χ2v) is 7.29. The van der Waals surface area contributed by atoms with Gasteiger partial charge in [-0.05, 0) is 49.3 Å². The SMILES string of the molecule is N#Cc1c(CCCNC(=O)c2cc(F)cc3[nH]c(=S)[nH]c23)nn(-c2ccccc2)c1N. The van der Waals surface area contributed by atoms with Crippen LogP contribution in [0.4, 0.5) is 10.2 Å². The summed E-state index contributed by atoms with van der Waals surface area (Å²) in [5.41, 5.74) is 8.78. The molecule has 10 heteroatoms. The fourth-order valence-corrected chi connectivity index (χ4v) is 3.59. The van der Waals surface area contributed by atoms with Gasteiger partial charge in [0.05, 0.1) is 28.0 Å². The normalized spacial score (nSPS) is 10.8.